The number of hydrogen-bond donors (Lipinski definition) is 2. The molecule has 0 aliphatic rings. The van der Waals surface area contributed by atoms with Gasteiger partial charge in [-0.3, -0.25) is 4.99 Å². The Labute approximate surface area is 165 Å². The van der Waals surface area contributed by atoms with Crippen molar-refractivity contribution in [1.29, 1.82) is 0 Å². The molecule has 0 radical (unpaired) electrons. The quantitative estimate of drug-likeness (QED) is 0.458. The smallest absolute Gasteiger partial charge is 0.191 e. The number of ether oxygens (including phenoxy) is 2. The minimum atomic E-state index is 0.169. The number of nitrogens with zero attached hydrogens (tertiary/aromatic N) is 2. The molecule has 0 unspecified atom stereocenters. The second kappa shape index (κ2) is 11.7. The molecule has 0 aliphatic heterocycles. The summed E-state index contributed by atoms with van der Waals surface area (Å²) < 4.78 is 11.3. The van der Waals surface area contributed by atoms with E-state index in [1.165, 1.54) is 5.56 Å². The summed E-state index contributed by atoms with van der Waals surface area (Å²) in [6, 6.07) is 6.14. The Kier molecular flexibility index (Phi) is 10.0. The Morgan fingerprint density at radius 1 is 1.07 bits per heavy atom. The number of rotatable bonds is 11. The lowest BCUT2D eigenvalue weighted by molar-refractivity contribution is 0.241. The topological polar surface area (TPSA) is 58.1 Å². The van der Waals surface area contributed by atoms with Gasteiger partial charge in [0, 0.05) is 26.7 Å². The Balaban J connectivity index is 2.54. The van der Waals surface area contributed by atoms with Gasteiger partial charge in [0.05, 0.1) is 13.2 Å². The molecule has 154 valence electrons. The molecule has 0 fully saturated rings. The zero-order valence-electron chi connectivity index (χ0n) is 18.2. The molecule has 2 N–H and O–H groups in total. The third-order valence-electron chi connectivity index (χ3n) is 4.02. The first kappa shape index (κ1) is 23.1. The van der Waals surface area contributed by atoms with E-state index >= 15 is 0 Å². The summed E-state index contributed by atoms with van der Waals surface area (Å²) >= 11 is 0. The van der Waals surface area contributed by atoms with E-state index < -0.39 is 0 Å². The molecule has 1 aromatic rings. The number of guanidine groups is 1. The number of aliphatic imine (C=N–C) groups is 1. The van der Waals surface area contributed by atoms with E-state index in [2.05, 4.69) is 60.6 Å². The highest BCUT2D eigenvalue weighted by atomic mass is 16.5. The monoisotopic (exact) mass is 378 g/mol. The summed E-state index contributed by atoms with van der Waals surface area (Å²) in [5.74, 6) is 2.44. The van der Waals surface area contributed by atoms with Crippen molar-refractivity contribution in [1.82, 2.24) is 15.5 Å². The lowest BCUT2D eigenvalue weighted by Gasteiger charge is -2.29. The summed E-state index contributed by atoms with van der Waals surface area (Å²) in [6.07, 6.45) is 0.883. The van der Waals surface area contributed by atoms with Gasteiger partial charge in [-0.15, -0.1) is 0 Å². The van der Waals surface area contributed by atoms with Crippen LogP contribution in [0.25, 0.3) is 0 Å². The van der Waals surface area contributed by atoms with Crippen LogP contribution in [0, 0.1) is 5.41 Å². The molecule has 0 aliphatic carbocycles. The van der Waals surface area contributed by atoms with Crippen molar-refractivity contribution in [3.63, 3.8) is 0 Å². The van der Waals surface area contributed by atoms with Crippen LogP contribution in [0.15, 0.2) is 23.2 Å². The standard InChI is InChI=1S/C21H38N4O2/c1-8-26-18-11-10-17(14-19(18)27-9-2)12-13-23-20(22-5)24-15-21(3,4)16-25(6)7/h10-11,14H,8-9,12-13,15-16H2,1-7H3,(H2,22,23,24). The highest BCUT2D eigenvalue weighted by Gasteiger charge is 2.19. The zero-order valence-corrected chi connectivity index (χ0v) is 18.2. The van der Waals surface area contributed by atoms with Crippen molar-refractivity contribution in [2.24, 2.45) is 10.4 Å². The molecule has 1 rings (SSSR count). The number of hydrogen-bond acceptors (Lipinski definition) is 4. The normalized spacial score (nSPS) is 12.2. The van der Waals surface area contributed by atoms with E-state index in [4.69, 9.17) is 9.47 Å². The number of benzene rings is 1. The van der Waals surface area contributed by atoms with Gasteiger partial charge in [0.1, 0.15) is 0 Å². The largest absolute Gasteiger partial charge is 0.490 e. The molecule has 0 spiro atoms. The Hall–Kier alpha value is -1.95. The maximum absolute atomic E-state index is 5.70. The first-order chi connectivity index (χ1) is 12.8. The maximum Gasteiger partial charge on any atom is 0.191 e. The Morgan fingerprint density at radius 2 is 1.74 bits per heavy atom. The first-order valence-electron chi connectivity index (χ1n) is 9.79. The highest BCUT2D eigenvalue weighted by molar-refractivity contribution is 5.79. The molecule has 0 amide bonds. The van der Waals surface area contributed by atoms with Gasteiger partial charge in [-0.05, 0) is 57.5 Å². The van der Waals surface area contributed by atoms with Gasteiger partial charge >= 0.3 is 0 Å². The molecule has 0 aromatic heterocycles. The average Bonchev–Trinajstić information content (AvgIpc) is 2.59. The lowest BCUT2D eigenvalue weighted by Crippen LogP contribution is -2.45. The molecule has 0 saturated heterocycles. The van der Waals surface area contributed by atoms with Gasteiger partial charge in [-0.2, -0.15) is 0 Å². The van der Waals surface area contributed by atoms with Gasteiger partial charge in [0.2, 0.25) is 0 Å². The van der Waals surface area contributed by atoms with E-state index in [1.807, 2.05) is 19.9 Å². The van der Waals surface area contributed by atoms with Crippen molar-refractivity contribution in [3.8, 4) is 11.5 Å². The average molecular weight is 379 g/mol. The summed E-state index contributed by atoms with van der Waals surface area (Å²) in [5.41, 5.74) is 1.38. The third kappa shape index (κ3) is 9.00. The van der Waals surface area contributed by atoms with Crippen LogP contribution in [0.4, 0.5) is 0 Å². The van der Waals surface area contributed by atoms with Crippen LogP contribution in [0.3, 0.4) is 0 Å². The Morgan fingerprint density at radius 3 is 2.33 bits per heavy atom. The Bertz CT molecular complexity index is 586. The molecule has 0 bridgehead atoms. The van der Waals surface area contributed by atoms with Gasteiger partial charge in [0.15, 0.2) is 17.5 Å². The van der Waals surface area contributed by atoms with E-state index in [9.17, 15) is 0 Å². The van der Waals surface area contributed by atoms with Crippen LogP contribution < -0.4 is 20.1 Å². The zero-order chi connectivity index (χ0) is 20.3. The van der Waals surface area contributed by atoms with Gasteiger partial charge in [0.25, 0.3) is 0 Å². The lowest BCUT2D eigenvalue weighted by atomic mass is 9.93. The first-order valence-corrected chi connectivity index (χ1v) is 9.79. The molecular weight excluding hydrogens is 340 g/mol. The number of nitrogens with one attached hydrogen (secondary N) is 2. The van der Waals surface area contributed by atoms with Crippen LogP contribution in [-0.2, 0) is 6.42 Å². The summed E-state index contributed by atoms with van der Waals surface area (Å²) in [6.45, 7) is 12.4. The van der Waals surface area contributed by atoms with Gasteiger partial charge in [-0.25, -0.2) is 0 Å². The predicted molar refractivity (Wildman–Crippen MR) is 114 cm³/mol. The van der Waals surface area contributed by atoms with Crippen LogP contribution >= 0.6 is 0 Å². The van der Waals surface area contributed by atoms with Gasteiger partial charge < -0.3 is 25.0 Å². The summed E-state index contributed by atoms with van der Waals surface area (Å²) in [4.78, 5) is 6.53. The second-order valence-electron chi connectivity index (χ2n) is 7.65. The predicted octanol–water partition coefficient (Wildman–Crippen LogP) is 2.78. The summed E-state index contributed by atoms with van der Waals surface area (Å²) in [7, 11) is 6.00. The fourth-order valence-corrected chi connectivity index (χ4v) is 3.03. The molecule has 6 heteroatoms. The van der Waals surface area contributed by atoms with E-state index in [0.29, 0.717) is 13.2 Å². The van der Waals surface area contributed by atoms with Crippen LogP contribution in [-0.4, -0.2) is 64.9 Å². The fraction of sp³-hybridized carbons (Fsp3) is 0.667. The van der Waals surface area contributed by atoms with Crippen molar-refractivity contribution in [2.75, 3.05) is 54.0 Å². The van der Waals surface area contributed by atoms with Crippen LogP contribution in [0.2, 0.25) is 0 Å². The minimum Gasteiger partial charge on any atom is -0.490 e. The highest BCUT2D eigenvalue weighted by Crippen LogP contribution is 2.28. The minimum absolute atomic E-state index is 0.169. The molecule has 6 nitrogen and oxygen atoms in total. The van der Waals surface area contributed by atoms with E-state index in [0.717, 1.165) is 43.5 Å². The molecule has 1 aromatic carbocycles. The second-order valence-corrected chi connectivity index (χ2v) is 7.65. The van der Waals surface area contributed by atoms with Crippen LogP contribution in [0.1, 0.15) is 33.3 Å². The molecular formula is C21H38N4O2. The fourth-order valence-electron chi connectivity index (χ4n) is 3.03. The summed E-state index contributed by atoms with van der Waals surface area (Å²) in [5, 5.41) is 6.81. The van der Waals surface area contributed by atoms with E-state index in [1.54, 1.807) is 7.05 Å². The molecule has 0 saturated carbocycles. The van der Waals surface area contributed by atoms with Crippen molar-refractivity contribution in [2.45, 2.75) is 34.1 Å². The van der Waals surface area contributed by atoms with Gasteiger partial charge in [-0.1, -0.05) is 19.9 Å². The molecule has 27 heavy (non-hydrogen) atoms. The van der Waals surface area contributed by atoms with Crippen molar-refractivity contribution >= 4 is 5.96 Å². The third-order valence-corrected chi connectivity index (χ3v) is 4.02. The molecule has 0 heterocycles. The van der Waals surface area contributed by atoms with Crippen molar-refractivity contribution in [3.05, 3.63) is 23.8 Å². The van der Waals surface area contributed by atoms with E-state index in [-0.39, 0.29) is 5.41 Å². The molecule has 0 atom stereocenters. The SMILES string of the molecule is CCOc1ccc(CCNC(=NC)NCC(C)(C)CN(C)C)cc1OCC. The van der Waals surface area contributed by atoms with Crippen LogP contribution in [0.5, 0.6) is 11.5 Å². The maximum atomic E-state index is 5.70. The van der Waals surface area contributed by atoms with Crippen molar-refractivity contribution < 1.29 is 9.47 Å².